The summed E-state index contributed by atoms with van der Waals surface area (Å²) in [6.07, 6.45) is 2.98. The van der Waals surface area contributed by atoms with Crippen molar-refractivity contribution >= 4 is 16.6 Å². The van der Waals surface area contributed by atoms with Gasteiger partial charge in [0.2, 0.25) is 0 Å². The summed E-state index contributed by atoms with van der Waals surface area (Å²) >= 11 is 0. The fourth-order valence-electron chi connectivity index (χ4n) is 1.96. The Morgan fingerprint density at radius 2 is 1.84 bits per heavy atom. The minimum atomic E-state index is -0.460. The maximum atomic E-state index is 10.6. The highest BCUT2D eigenvalue weighted by atomic mass is 16.6. The molecular weight excluding hydrogens is 242 g/mol. The second-order valence-corrected chi connectivity index (χ2v) is 4.04. The van der Waals surface area contributed by atoms with Crippen LogP contribution < -0.4 is 0 Å². The number of pyridine rings is 2. The molecular formula is C14H9N3O2. The van der Waals surface area contributed by atoms with Crippen molar-refractivity contribution in [1.29, 1.82) is 0 Å². The molecule has 3 aromatic rings. The Morgan fingerprint density at radius 3 is 2.58 bits per heavy atom. The van der Waals surface area contributed by atoms with Gasteiger partial charge in [0.25, 0.3) is 5.69 Å². The van der Waals surface area contributed by atoms with Crippen molar-refractivity contribution in [2.24, 2.45) is 0 Å². The third-order valence-electron chi connectivity index (χ3n) is 2.87. The molecule has 0 aliphatic heterocycles. The molecule has 0 amide bonds. The Balaban J connectivity index is 2.16. The standard InChI is InChI=1S/C14H9N3O2/c18-17(19)11-6-7-13(16-9-11)12-5-1-3-10-4-2-8-15-14(10)12/h1-9H. The molecule has 0 aliphatic carbocycles. The summed E-state index contributed by atoms with van der Waals surface area (Å²) in [4.78, 5) is 18.6. The number of hydrogen-bond donors (Lipinski definition) is 0. The summed E-state index contributed by atoms with van der Waals surface area (Å²) < 4.78 is 0. The van der Waals surface area contributed by atoms with E-state index in [1.54, 1.807) is 12.3 Å². The van der Waals surface area contributed by atoms with Crippen LogP contribution in [-0.4, -0.2) is 14.9 Å². The van der Waals surface area contributed by atoms with Gasteiger partial charge in [0.15, 0.2) is 0 Å². The van der Waals surface area contributed by atoms with Crippen LogP contribution >= 0.6 is 0 Å². The number of aromatic nitrogens is 2. The van der Waals surface area contributed by atoms with Gasteiger partial charge in [0.1, 0.15) is 6.20 Å². The molecule has 2 heterocycles. The average Bonchev–Trinajstić information content (AvgIpc) is 2.47. The third-order valence-corrected chi connectivity index (χ3v) is 2.87. The number of rotatable bonds is 2. The first-order valence-electron chi connectivity index (χ1n) is 5.70. The van der Waals surface area contributed by atoms with Crippen LogP contribution in [0.1, 0.15) is 0 Å². The second kappa shape index (κ2) is 4.45. The van der Waals surface area contributed by atoms with Crippen molar-refractivity contribution in [3.63, 3.8) is 0 Å². The summed E-state index contributed by atoms with van der Waals surface area (Å²) in [6.45, 7) is 0. The largest absolute Gasteiger partial charge is 0.287 e. The minimum Gasteiger partial charge on any atom is -0.258 e. The zero-order valence-electron chi connectivity index (χ0n) is 9.85. The van der Waals surface area contributed by atoms with Gasteiger partial charge < -0.3 is 0 Å². The summed E-state index contributed by atoms with van der Waals surface area (Å²) in [5, 5.41) is 11.6. The zero-order valence-corrected chi connectivity index (χ0v) is 9.85. The first kappa shape index (κ1) is 11.3. The predicted molar refractivity (Wildman–Crippen MR) is 71.6 cm³/mol. The van der Waals surface area contributed by atoms with Crippen LogP contribution in [0.2, 0.25) is 0 Å². The molecule has 92 valence electrons. The molecule has 3 rings (SSSR count). The van der Waals surface area contributed by atoms with E-state index in [4.69, 9.17) is 0 Å². The van der Waals surface area contributed by atoms with Gasteiger partial charge in [-0.3, -0.25) is 15.1 Å². The summed E-state index contributed by atoms with van der Waals surface area (Å²) in [5.74, 6) is 0. The quantitative estimate of drug-likeness (QED) is 0.518. The second-order valence-electron chi connectivity index (χ2n) is 4.04. The molecule has 5 heteroatoms. The number of para-hydroxylation sites is 1. The van der Waals surface area contributed by atoms with Crippen molar-refractivity contribution in [1.82, 2.24) is 9.97 Å². The van der Waals surface area contributed by atoms with Crippen molar-refractivity contribution in [3.05, 3.63) is 65.0 Å². The minimum absolute atomic E-state index is 0.0167. The third kappa shape index (κ3) is 2.01. The van der Waals surface area contributed by atoms with Crippen LogP contribution in [0.4, 0.5) is 5.69 Å². The zero-order chi connectivity index (χ0) is 13.2. The molecule has 0 atom stereocenters. The lowest BCUT2D eigenvalue weighted by Gasteiger charge is -2.04. The predicted octanol–water partition coefficient (Wildman–Crippen LogP) is 3.21. The van der Waals surface area contributed by atoms with Crippen LogP contribution in [-0.2, 0) is 0 Å². The summed E-state index contributed by atoms with van der Waals surface area (Å²) in [5.41, 5.74) is 2.37. The molecule has 19 heavy (non-hydrogen) atoms. The molecule has 0 radical (unpaired) electrons. The van der Waals surface area contributed by atoms with Gasteiger partial charge in [-0.2, -0.15) is 0 Å². The number of nitro groups is 1. The number of benzene rings is 1. The highest BCUT2D eigenvalue weighted by molar-refractivity contribution is 5.92. The smallest absolute Gasteiger partial charge is 0.258 e. The highest BCUT2D eigenvalue weighted by Crippen LogP contribution is 2.26. The van der Waals surface area contributed by atoms with E-state index >= 15 is 0 Å². The van der Waals surface area contributed by atoms with Crippen LogP contribution in [0.5, 0.6) is 0 Å². The molecule has 0 aliphatic rings. The monoisotopic (exact) mass is 251 g/mol. The molecule has 0 saturated carbocycles. The van der Waals surface area contributed by atoms with Crippen molar-refractivity contribution in [2.75, 3.05) is 0 Å². The maximum Gasteiger partial charge on any atom is 0.287 e. The van der Waals surface area contributed by atoms with E-state index in [1.165, 1.54) is 12.3 Å². The Bertz CT molecular complexity index is 749. The Kier molecular flexibility index (Phi) is 2.64. The van der Waals surface area contributed by atoms with E-state index in [0.717, 1.165) is 16.5 Å². The van der Waals surface area contributed by atoms with Gasteiger partial charge in [-0.15, -0.1) is 0 Å². The normalized spacial score (nSPS) is 10.5. The van der Waals surface area contributed by atoms with Gasteiger partial charge in [0.05, 0.1) is 16.1 Å². The molecule has 5 nitrogen and oxygen atoms in total. The van der Waals surface area contributed by atoms with E-state index in [0.29, 0.717) is 5.69 Å². The maximum absolute atomic E-state index is 10.6. The molecule has 1 aromatic carbocycles. The SMILES string of the molecule is O=[N+]([O-])c1ccc(-c2cccc3cccnc23)nc1. The van der Waals surface area contributed by atoms with Gasteiger partial charge in [-0.25, -0.2) is 4.98 Å². The van der Waals surface area contributed by atoms with Crippen LogP contribution in [0.3, 0.4) is 0 Å². The van der Waals surface area contributed by atoms with Gasteiger partial charge in [-0.05, 0) is 12.1 Å². The lowest BCUT2D eigenvalue weighted by atomic mass is 10.1. The Hall–Kier alpha value is -2.82. The molecule has 0 N–H and O–H groups in total. The van der Waals surface area contributed by atoms with Crippen LogP contribution in [0.15, 0.2) is 54.9 Å². The van der Waals surface area contributed by atoms with Crippen LogP contribution in [0.25, 0.3) is 22.2 Å². The van der Waals surface area contributed by atoms with Crippen molar-refractivity contribution in [2.45, 2.75) is 0 Å². The molecule has 0 saturated heterocycles. The molecule has 0 unspecified atom stereocenters. The van der Waals surface area contributed by atoms with E-state index in [-0.39, 0.29) is 5.69 Å². The summed E-state index contributed by atoms with van der Waals surface area (Å²) in [7, 11) is 0. The van der Waals surface area contributed by atoms with E-state index < -0.39 is 4.92 Å². The van der Waals surface area contributed by atoms with Crippen molar-refractivity contribution in [3.8, 4) is 11.3 Å². The Morgan fingerprint density at radius 1 is 1.00 bits per heavy atom. The lowest BCUT2D eigenvalue weighted by molar-refractivity contribution is -0.385. The fraction of sp³-hybridized carbons (Fsp3) is 0. The van der Waals surface area contributed by atoms with Gasteiger partial charge >= 0.3 is 0 Å². The van der Waals surface area contributed by atoms with Crippen LogP contribution in [0, 0.1) is 10.1 Å². The lowest BCUT2D eigenvalue weighted by Crippen LogP contribution is -1.91. The number of hydrogen-bond acceptors (Lipinski definition) is 4. The Labute approximate surface area is 108 Å². The highest BCUT2D eigenvalue weighted by Gasteiger charge is 2.09. The van der Waals surface area contributed by atoms with Gasteiger partial charge in [-0.1, -0.05) is 24.3 Å². The average molecular weight is 251 g/mol. The summed E-state index contributed by atoms with van der Waals surface area (Å²) in [6, 6.07) is 12.7. The van der Waals surface area contributed by atoms with Gasteiger partial charge in [0, 0.05) is 23.2 Å². The number of fused-ring (bicyclic) bond motifs is 1. The van der Waals surface area contributed by atoms with E-state index in [9.17, 15) is 10.1 Å². The topological polar surface area (TPSA) is 68.9 Å². The van der Waals surface area contributed by atoms with E-state index in [2.05, 4.69) is 9.97 Å². The molecule has 2 aromatic heterocycles. The fourth-order valence-corrected chi connectivity index (χ4v) is 1.96. The molecule has 0 bridgehead atoms. The molecule has 0 spiro atoms. The number of nitrogens with zero attached hydrogens (tertiary/aromatic N) is 3. The first-order chi connectivity index (χ1) is 9.25. The first-order valence-corrected chi connectivity index (χ1v) is 5.70. The molecule has 0 fully saturated rings. The van der Waals surface area contributed by atoms with Crippen molar-refractivity contribution < 1.29 is 4.92 Å². The van der Waals surface area contributed by atoms with E-state index in [1.807, 2.05) is 30.3 Å².